The number of benzene rings is 3. The van der Waals surface area contributed by atoms with E-state index in [1.54, 1.807) is 23.1 Å². The molecule has 0 aromatic heterocycles. The first kappa shape index (κ1) is 24.6. The van der Waals surface area contributed by atoms with E-state index in [1.165, 1.54) is 12.1 Å². The van der Waals surface area contributed by atoms with Gasteiger partial charge in [-0.2, -0.15) is 0 Å². The van der Waals surface area contributed by atoms with Gasteiger partial charge in [-0.3, -0.25) is 9.52 Å². The minimum atomic E-state index is -3.83. The van der Waals surface area contributed by atoms with Gasteiger partial charge in [0.1, 0.15) is 5.75 Å². The number of ether oxygens (including phenoxy) is 1. The molecule has 184 valence electrons. The first-order chi connectivity index (χ1) is 16.8. The molecule has 0 radical (unpaired) electrons. The molecule has 3 aromatic rings. The molecule has 0 spiro atoms. The monoisotopic (exact) mass is 493 g/mol. The molecule has 1 heterocycles. The van der Waals surface area contributed by atoms with Gasteiger partial charge in [-0.15, -0.1) is 0 Å². The number of rotatable bonds is 7. The standard InChI is InChI=1S/C27H31N3O4S/c1-4-34-26-11-6-5-10-25(26)29-14-16-30(17-15-29)27(31)22-8-7-9-23(19-22)35(32,33)28-24-13-12-20(2)18-21(24)3/h5-13,18-19,28H,4,14-17H2,1-3H3. The fourth-order valence-electron chi connectivity index (χ4n) is 4.26. The first-order valence-electron chi connectivity index (χ1n) is 11.7. The maximum absolute atomic E-state index is 13.2. The Morgan fingerprint density at radius 2 is 1.69 bits per heavy atom. The van der Waals surface area contributed by atoms with Crippen LogP contribution in [0, 0.1) is 13.8 Å². The molecule has 1 N–H and O–H groups in total. The second-order valence-corrected chi connectivity index (χ2v) is 10.3. The summed E-state index contributed by atoms with van der Waals surface area (Å²) in [7, 11) is -3.83. The van der Waals surface area contributed by atoms with E-state index in [-0.39, 0.29) is 10.8 Å². The van der Waals surface area contributed by atoms with E-state index in [0.717, 1.165) is 22.6 Å². The van der Waals surface area contributed by atoms with Crippen LogP contribution in [0.4, 0.5) is 11.4 Å². The van der Waals surface area contributed by atoms with Crippen LogP contribution in [-0.2, 0) is 10.0 Å². The minimum Gasteiger partial charge on any atom is -0.492 e. The first-order valence-corrected chi connectivity index (χ1v) is 13.2. The Kier molecular flexibility index (Phi) is 7.31. The summed E-state index contributed by atoms with van der Waals surface area (Å²) < 4.78 is 34.4. The van der Waals surface area contributed by atoms with Gasteiger partial charge in [0.15, 0.2) is 0 Å². The van der Waals surface area contributed by atoms with Gasteiger partial charge in [-0.1, -0.05) is 35.9 Å². The fraction of sp³-hybridized carbons (Fsp3) is 0.296. The molecule has 1 amide bonds. The maximum atomic E-state index is 13.2. The highest BCUT2D eigenvalue weighted by atomic mass is 32.2. The van der Waals surface area contributed by atoms with Gasteiger partial charge < -0.3 is 14.5 Å². The molecule has 0 aliphatic carbocycles. The number of carbonyl (C=O) groups is 1. The molecule has 35 heavy (non-hydrogen) atoms. The van der Waals surface area contributed by atoms with E-state index >= 15 is 0 Å². The summed E-state index contributed by atoms with van der Waals surface area (Å²) in [5.41, 5.74) is 3.79. The molecular formula is C27H31N3O4S. The number of hydrogen-bond acceptors (Lipinski definition) is 5. The average Bonchev–Trinajstić information content (AvgIpc) is 2.86. The number of hydrogen-bond donors (Lipinski definition) is 1. The van der Waals surface area contributed by atoms with Crippen LogP contribution in [-0.4, -0.2) is 52.0 Å². The zero-order chi connectivity index (χ0) is 25.0. The smallest absolute Gasteiger partial charge is 0.261 e. The van der Waals surface area contributed by atoms with Crippen molar-refractivity contribution >= 4 is 27.3 Å². The third kappa shape index (κ3) is 5.59. The number of piperazine rings is 1. The predicted octanol–water partition coefficient (Wildman–Crippen LogP) is 4.47. The molecule has 3 aromatic carbocycles. The van der Waals surface area contributed by atoms with E-state index < -0.39 is 10.0 Å². The SMILES string of the molecule is CCOc1ccccc1N1CCN(C(=O)c2cccc(S(=O)(=O)Nc3ccc(C)cc3C)c2)CC1. The molecule has 8 heteroatoms. The number of carbonyl (C=O) groups excluding carboxylic acids is 1. The van der Waals surface area contributed by atoms with E-state index in [1.807, 2.05) is 57.2 Å². The molecule has 0 saturated carbocycles. The highest BCUT2D eigenvalue weighted by molar-refractivity contribution is 7.92. The number of aryl methyl sites for hydroxylation is 2. The summed E-state index contributed by atoms with van der Waals surface area (Å²) in [5, 5.41) is 0. The number of nitrogens with one attached hydrogen (secondary N) is 1. The Morgan fingerprint density at radius 1 is 0.943 bits per heavy atom. The molecule has 1 saturated heterocycles. The molecule has 0 unspecified atom stereocenters. The lowest BCUT2D eigenvalue weighted by molar-refractivity contribution is 0.0746. The molecule has 1 aliphatic heterocycles. The van der Waals surface area contributed by atoms with Crippen molar-refractivity contribution in [1.29, 1.82) is 0 Å². The highest BCUT2D eigenvalue weighted by Crippen LogP contribution is 2.29. The third-order valence-electron chi connectivity index (χ3n) is 6.09. The van der Waals surface area contributed by atoms with Crippen molar-refractivity contribution in [1.82, 2.24) is 4.90 Å². The normalized spacial score (nSPS) is 14.0. The van der Waals surface area contributed by atoms with Crippen molar-refractivity contribution in [3.63, 3.8) is 0 Å². The molecule has 0 bridgehead atoms. The summed E-state index contributed by atoms with van der Waals surface area (Å²) in [4.78, 5) is 17.3. The summed E-state index contributed by atoms with van der Waals surface area (Å²) in [5.74, 6) is 0.662. The average molecular weight is 494 g/mol. The zero-order valence-corrected chi connectivity index (χ0v) is 21.1. The van der Waals surface area contributed by atoms with E-state index in [2.05, 4.69) is 9.62 Å². The van der Waals surface area contributed by atoms with Gasteiger partial charge in [-0.25, -0.2) is 8.42 Å². The molecular weight excluding hydrogens is 462 g/mol. The number of anilines is 2. The van der Waals surface area contributed by atoms with Crippen LogP contribution in [0.1, 0.15) is 28.4 Å². The summed E-state index contributed by atoms with van der Waals surface area (Å²) in [6.45, 7) is 8.78. The van der Waals surface area contributed by atoms with Crippen LogP contribution >= 0.6 is 0 Å². The van der Waals surface area contributed by atoms with Crippen molar-refractivity contribution in [2.24, 2.45) is 0 Å². The van der Waals surface area contributed by atoms with Crippen molar-refractivity contribution < 1.29 is 17.9 Å². The molecule has 1 fully saturated rings. The maximum Gasteiger partial charge on any atom is 0.261 e. The number of nitrogens with zero attached hydrogens (tertiary/aromatic N) is 2. The largest absolute Gasteiger partial charge is 0.492 e. The summed E-state index contributed by atoms with van der Waals surface area (Å²) in [6, 6.07) is 19.7. The van der Waals surface area contributed by atoms with Crippen molar-refractivity contribution in [2.45, 2.75) is 25.7 Å². The predicted molar refractivity (Wildman–Crippen MR) is 139 cm³/mol. The van der Waals surface area contributed by atoms with E-state index in [9.17, 15) is 13.2 Å². The van der Waals surface area contributed by atoms with E-state index in [0.29, 0.717) is 44.0 Å². The lowest BCUT2D eigenvalue weighted by Gasteiger charge is -2.36. The van der Waals surface area contributed by atoms with Gasteiger partial charge in [0.2, 0.25) is 0 Å². The van der Waals surface area contributed by atoms with Gasteiger partial charge in [-0.05, 0) is 62.7 Å². The topological polar surface area (TPSA) is 79.0 Å². The number of sulfonamides is 1. The van der Waals surface area contributed by atoms with Gasteiger partial charge >= 0.3 is 0 Å². The minimum absolute atomic E-state index is 0.0626. The Hall–Kier alpha value is -3.52. The zero-order valence-electron chi connectivity index (χ0n) is 20.3. The van der Waals surface area contributed by atoms with Gasteiger partial charge in [0, 0.05) is 31.7 Å². The third-order valence-corrected chi connectivity index (χ3v) is 7.45. The van der Waals surface area contributed by atoms with Crippen molar-refractivity contribution in [3.05, 3.63) is 83.4 Å². The van der Waals surface area contributed by atoms with Gasteiger partial charge in [0.25, 0.3) is 15.9 Å². The Bertz CT molecular complexity index is 1320. The molecule has 0 atom stereocenters. The molecule has 1 aliphatic rings. The Balaban J connectivity index is 1.46. The van der Waals surface area contributed by atoms with Crippen molar-refractivity contribution in [2.75, 3.05) is 42.4 Å². The van der Waals surface area contributed by atoms with Crippen LogP contribution in [0.25, 0.3) is 0 Å². The second-order valence-electron chi connectivity index (χ2n) is 8.63. The Labute approximate surface area is 207 Å². The molecule has 4 rings (SSSR count). The van der Waals surface area contributed by atoms with Crippen LogP contribution in [0.3, 0.4) is 0 Å². The van der Waals surface area contributed by atoms with Crippen LogP contribution < -0.4 is 14.4 Å². The Morgan fingerprint density at radius 3 is 2.40 bits per heavy atom. The van der Waals surface area contributed by atoms with Crippen LogP contribution in [0.15, 0.2) is 71.6 Å². The van der Waals surface area contributed by atoms with Crippen molar-refractivity contribution in [3.8, 4) is 5.75 Å². The quantitative estimate of drug-likeness (QED) is 0.526. The van der Waals surface area contributed by atoms with Crippen LogP contribution in [0.5, 0.6) is 5.75 Å². The number of para-hydroxylation sites is 2. The van der Waals surface area contributed by atoms with E-state index in [4.69, 9.17) is 4.74 Å². The summed E-state index contributed by atoms with van der Waals surface area (Å²) in [6.07, 6.45) is 0. The number of amides is 1. The van der Waals surface area contributed by atoms with Crippen LogP contribution in [0.2, 0.25) is 0 Å². The second kappa shape index (κ2) is 10.4. The lowest BCUT2D eigenvalue weighted by atomic mass is 10.1. The fourth-order valence-corrected chi connectivity index (χ4v) is 5.43. The highest BCUT2D eigenvalue weighted by Gasteiger charge is 2.25. The molecule has 7 nitrogen and oxygen atoms in total. The van der Waals surface area contributed by atoms with Gasteiger partial charge in [0.05, 0.1) is 22.9 Å². The lowest BCUT2D eigenvalue weighted by Crippen LogP contribution is -2.48. The summed E-state index contributed by atoms with van der Waals surface area (Å²) >= 11 is 0.